The predicted molar refractivity (Wildman–Crippen MR) is 198 cm³/mol. The molecule has 13 heteroatoms. The van der Waals surface area contributed by atoms with Gasteiger partial charge in [-0.2, -0.15) is 0 Å². The molecule has 0 bridgehead atoms. The largest absolute Gasteiger partial charge is 0.508 e. The van der Waals surface area contributed by atoms with Crippen LogP contribution in [0.3, 0.4) is 0 Å². The highest BCUT2D eigenvalue weighted by atomic mass is 35.5. The SMILES string of the molecule is CC[C@H](C)C(NC(=O)[C@@]1(NC(=O)[C@H](CCc2ccc(O)cc2)NC(=O)Cc2ccccc2F)CCc2[nH]c3c(Cl)cc(Cl)cc3c2C1)C(N)=S. The van der Waals surface area contributed by atoms with Gasteiger partial charge in [0.1, 0.15) is 23.1 Å². The number of thiocarbonyl (C=S) groups is 1. The Labute approximate surface area is 305 Å². The molecule has 9 nitrogen and oxygen atoms in total. The van der Waals surface area contributed by atoms with Crippen molar-refractivity contribution in [3.05, 3.63) is 98.9 Å². The molecule has 7 N–H and O–H groups in total. The fraction of sp³-hybridized carbons (Fsp3) is 0.351. The Morgan fingerprint density at radius 3 is 2.50 bits per heavy atom. The maximum atomic E-state index is 14.5. The number of hydrogen-bond acceptors (Lipinski definition) is 5. The van der Waals surface area contributed by atoms with Crippen LogP contribution in [0.4, 0.5) is 4.39 Å². The van der Waals surface area contributed by atoms with Gasteiger partial charge in [0.05, 0.1) is 28.0 Å². The van der Waals surface area contributed by atoms with Crippen LogP contribution in [0.5, 0.6) is 5.75 Å². The number of nitrogens with one attached hydrogen (secondary N) is 4. The predicted octanol–water partition coefficient (Wildman–Crippen LogP) is 5.84. The smallest absolute Gasteiger partial charge is 0.246 e. The standard InChI is InChI=1S/C37H40Cl2FN5O4S/c1-3-20(2)32(34(41)50)44-36(49)37(15-14-29-26(19-37)25-17-23(38)18-27(39)33(25)43-29)45-35(48)30(13-10-21-8-11-24(46)12-9-21)42-31(47)16-22-6-4-5-7-28(22)40/h4-9,11-12,17-18,20,30,32,43,46H,3,10,13-16,19H2,1-2H3,(H2,41,50)(H,42,47)(H,44,49)(H,45,48)/t20-,30-,32?,37+/m0/s1. The number of benzene rings is 3. The van der Waals surface area contributed by atoms with E-state index in [0.29, 0.717) is 34.8 Å². The molecule has 264 valence electrons. The highest BCUT2D eigenvalue weighted by molar-refractivity contribution is 7.80. The van der Waals surface area contributed by atoms with Crippen molar-refractivity contribution in [3.8, 4) is 5.75 Å². The van der Waals surface area contributed by atoms with Crippen molar-refractivity contribution in [2.75, 3.05) is 0 Å². The van der Waals surface area contributed by atoms with E-state index >= 15 is 0 Å². The maximum absolute atomic E-state index is 14.5. The molecule has 0 aliphatic heterocycles. The van der Waals surface area contributed by atoms with Crippen molar-refractivity contribution in [1.82, 2.24) is 20.9 Å². The number of halogens is 3. The Morgan fingerprint density at radius 1 is 1.10 bits per heavy atom. The van der Waals surface area contributed by atoms with Crippen molar-refractivity contribution >= 4 is 69.0 Å². The van der Waals surface area contributed by atoms with E-state index in [2.05, 4.69) is 20.9 Å². The summed E-state index contributed by atoms with van der Waals surface area (Å²) in [4.78, 5) is 45.6. The quantitative estimate of drug-likeness (QED) is 0.0950. The van der Waals surface area contributed by atoms with Gasteiger partial charge in [-0.3, -0.25) is 14.4 Å². The zero-order valence-corrected chi connectivity index (χ0v) is 30.1. The monoisotopic (exact) mass is 739 g/mol. The molecule has 0 fully saturated rings. The summed E-state index contributed by atoms with van der Waals surface area (Å²) in [5.74, 6) is -2.13. The molecule has 0 saturated carbocycles. The number of nitrogens with two attached hydrogens (primary N) is 1. The first-order valence-corrected chi connectivity index (χ1v) is 17.7. The molecule has 1 unspecified atom stereocenters. The average Bonchev–Trinajstić information content (AvgIpc) is 3.44. The van der Waals surface area contributed by atoms with Crippen LogP contribution < -0.4 is 21.7 Å². The third-order valence-electron chi connectivity index (χ3n) is 9.52. The summed E-state index contributed by atoms with van der Waals surface area (Å²) >= 11 is 18.3. The lowest BCUT2D eigenvalue weighted by molar-refractivity contribution is -0.136. The second-order valence-electron chi connectivity index (χ2n) is 13.0. The molecular weight excluding hydrogens is 700 g/mol. The fourth-order valence-electron chi connectivity index (χ4n) is 6.46. The van der Waals surface area contributed by atoms with Crippen molar-refractivity contribution in [2.24, 2.45) is 11.7 Å². The molecule has 0 radical (unpaired) electrons. The first-order chi connectivity index (χ1) is 23.8. The number of carbonyl (C=O) groups is 3. The zero-order valence-electron chi connectivity index (χ0n) is 27.7. The minimum absolute atomic E-state index is 0.0789. The summed E-state index contributed by atoms with van der Waals surface area (Å²) < 4.78 is 14.4. The number of aromatic nitrogens is 1. The number of carbonyl (C=O) groups excluding carboxylic acids is 3. The van der Waals surface area contributed by atoms with Crippen molar-refractivity contribution in [1.29, 1.82) is 0 Å². The van der Waals surface area contributed by atoms with Crippen molar-refractivity contribution < 1.29 is 23.9 Å². The van der Waals surface area contributed by atoms with E-state index in [1.165, 1.54) is 30.3 Å². The molecule has 50 heavy (non-hydrogen) atoms. The average molecular weight is 741 g/mol. The van der Waals surface area contributed by atoms with E-state index < -0.39 is 41.2 Å². The van der Waals surface area contributed by atoms with E-state index in [4.69, 9.17) is 41.2 Å². The van der Waals surface area contributed by atoms with Crippen LogP contribution in [-0.4, -0.2) is 50.4 Å². The van der Waals surface area contributed by atoms with Crippen LogP contribution >= 0.6 is 35.4 Å². The first kappa shape index (κ1) is 37.1. The molecule has 1 aromatic heterocycles. The molecule has 1 aliphatic rings. The number of hydrogen-bond donors (Lipinski definition) is 6. The Morgan fingerprint density at radius 2 is 1.82 bits per heavy atom. The lowest BCUT2D eigenvalue weighted by Gasteiger charge is -2.39. The van der Waals surface area contributed by atoms with E-state index in [9.17, 15) is 23.9 Å². The summed E-state index contributed by atoms with van der Waals surface area (Å²) in [5, 5.41) is 20.2. The van der Waals surface area contributed by atoms with E-state index in [0.717, 1.165) is 22.2 Å². The molecule has 4 atom stereocenters. The number of phenols is 1. The third kappa shape index (κ3) is 8.39. The summed E-state index contributed by atoms with van der Waals surface area (Å²) in [6, 6.07) is 14.1. The Kier molecular flexibility index (Phi) is 11.7. The number of aromatic amines is 1. The van der Waals surface area contributed by atoms with Gasteiger partial charge in [0.15, 0.2) is 0 Å². The third-order valence-corrected chi connectivity index (χ3v) is 10.3. The van der Waals surface area contributed by atoms with Crippen LogP contribution in [0.1, 0.15) is 55.5 Å². The molecular formula is C37H40Cl2FN5O4S. The van der Waals surface area contributed by atoms with E-state index in [1.807, 2.05) is 13.8 Å². The number of H-pyrrole nitrogens is 1. The Bertz CT molecular complexity index is 1920. The van der Waals surface area contributed by atoms with Gasteiger partial charge >= 0.3 is 0 Å². The molecule has 3 amide bonds. The van der Waals surface area contributed by atoms with Crippen LogP contribution in [0.25, 0.3) is 10.9 Å². The number of amides is 3. The molecule has 4 aromatic rings. The minimum Gasteiger partial charge on any atom is -0.508 e. The highest BCUT2D eigenvalue weighted by Crippen LogP contribution is 2.38. The number of aromatic hydroxyl groups is 1. The van der Waals surface area contributed by atoms with Crippen LogP contribution in [0, 0.1) is 11.7 Å². The second-order valence-corrected chi connectivity index (χ2v) is 14.3. The van der Waals surface area contributed by atoms with Crippen LogP contribution in [0.2, 0.25) is 10.0 Å². The van der Waals surface area contributed by atoms with Crippen molar-refractivity contribution in [3.63, 3.8) is 0 Å². The molecule has 0 saturated heterocycles. The van der Waals surface area contributed by atoms with Gasteiger partial charge in [-0.1, -0.05) is 86.0 Å². The number of rotatable bonds is 13. The number of aryl methyl sites for hydroxylation is 2. The normalized spacial score (nSPS) is 17.3. The summed E-state index contributed by atoms with van der Waals surface area (Å²) in [7, 11) is 0. The fourth-order valence-corrected chi connectivity index (χ4v) is 7.29. The van der Waals surface area contributed by atoms with Gasteiger partial charge in [0.2, 0.25) is 17.7 Å². The summed E-state index contributed by atoms with van der Waals surface area (Å²) in [6.07, 6.45) is 1.63. The van der Waals surface area contributed by atoms with Gasteiger partial charge in [0, 0.05) is 22.5 Å². The summed E-state index contributed by atoms with van der Waals surface area (Å²) in [6.45, 7) is 3.90. The topological polar surface area (TPSA) is 149 Å². The Hall–Kier alpha value is -4.19. The highest BCUT2D eigenvalue weighted by Gasteiger charge is 2.46. The molecule has 5 rings (SSSR count). The molecule has 3 aromatic carbocycles. The van der Waals surface area contributed by atoms with Gasteiger partial charge in [-0.25, -0.2) is 4.39 Å². The minimum atomic E-state index is -1.47. The van der Waals surface area contributed by atoms with Gasteiger partial charge < -0.3 is 31.8 Å². The maximum Gasteiger partial charge on any atom is 0.246 e. The van der Waals surface area contributed by atoms with Gasteiger partial charge in [0.25, 0.3) is 0 Å². The van der Waals surface area contributed by atoms with Crippen LogP contribution in [-0.2, 0) is 40.1 Å². The van der Waals surface area contributed by atoms with Gasteiger partial charge in [-0.15, -0.1) is 0 Å². The first-order valence-electron chi connectivity index (χ1n) is 16.5. The zero-order chi connectivity index (χ0) is 36.2. The summed E-state index contributed by atoms with van der Waals surface area (Å²) in [5.41, 5.74) is 7.95. The van der Waals surface area contributed by atoms with E-state index in [1.54, 1.807) is 30.3 Å². The Balaban J connectivity index is 1.49. The van der Waals surface area contributed by atoms with E-state index in [-0.39, 0.29) is 47.9 Å². The molecule has 1 heterocycles. The van der Waals surface area contributed by atoms with Crippen molar-refractivity contribution in [2.45, 2.75) is 76.4 Å². The van der Waals surface area contributed by atoms with Gasteiger partial charge in [-0.05, 0) is 78.6 Å². The van der Waals surface area contributed by atoms with Crippen LogP contribution in [0.15, 0.2) is 60.7 Å². The number of fused-ring (bicyclic) bond motifs is 3. The molecule has 0 spiro atoms. The lowest BCUT2D eigenvalue weighted by Crippen LogP contribution is -2.66. The lowest BCUT2D eigenvalue weighted by atomic mass is 9.78. The second kappa shape index (κ2) is 15.8. The molecule has 1 aliphatic carbocycles. The number of phenolic OH excluding ortho intramolecular Hbond substituents is 1.